The van der Waals surface area contributed by atoms with Crippen LogP contribution in [0.5, 0.6) is 0 Å². The predicted molar refractivity (Wildman–Crippen MR) is 93.8 cm³/mol. The van der Waals surface area contributed by atoms with Crippen LogP contribution in [0.3, 0.4) is 0 Å². The summed E-state index contributed by atoms with van der Waals surface area (Å²) in [6, 6.07) is 9.01. The van der Waals surface area contributed by atoms with Crippen molar-refractivity contribution in [1.82, 2.24) is 4.90 Å². The Morgan fingerprint density at radius 2 is 1.87 bits per heavy atom. The summed E-state index contributed by atoms with van der Waals surface area (Å²) < 4.78 is 13.9. The fourth-order valence-electron chi connectivity index (χ4n) is 3.20. The lowest BCUT2D eigenvalue weighted by Crippen LogP contribution is -2.47. The van der Waals surface area contributed by atoms with Gasteiger partial charge in [0.2, 0.25) is 0 Å². The maximum Gasteiger partial charge on any atom is 0.146 e. The van der Waals surface area contributed by atoms with E-state index < -0.39 is 6.10 Å². The van der Waals surface area contributed by atoms with Gasteiger partial charge < -0.3 is 10.0 Å². The molecule has 1 atom stereocenters. The topological polar surface area (TPSA) is 26.7 Å². The summed E-state index contributed by atoms with van der Waals surface area (Å²) in [7, 11) is 0. The molecule has 124 valence electrons. The summed E-state index contributed by atoms with van der Waals surface area (Å²) in [4.78, 5) is 6.77. The van der Waals surface area contributed by atoms with E-state index in [4.69, 9.17) is 0 Å². The highest BCUT2D eigenvalue weighted by atomic mass is 32.1. The van der Waals surface area contributed by atoms with Crippen LogP contribution in [0.4, 0.5) is 10.1 Å². The van der Waals surface area contributed by atoms with Gasteiger partial charge in [-0.3, -0.25) is 4.90 Å². The number of hydrogen-bond acceptors (Lipinski definition) is 4. The average Bonchev–Trinajstić information content (AvgIpc) is 2.87. The third kappa shape index (κ3) is 3.74. The van der Waals surface area contributed by atoms with Crippen molar-refractivity contribution in [2.75, 3.05) is 37.6 Å². The molecule has 1 aliphatic rings. The summed E-state index contributed by atoms with van der Waals surface area (Å²) in [5, 5.41) is 10.5. The van der Waals surface area contributed by atoms with Gasteiger partial charge in [-0.1, -0.05) is 12.1 Å². The van der Waals surface area contributed by atoms with E-state index >= 15 is 0 Å². The zero-order valence-electron chi connectivity index (χ0n) is 13.6. The van der Waals surface area contributed by atoms with Crippen LogP contribution in [0.25, 0.3) is 0 Å². The molecule has 1 saturated heterocycles. The molecule has 1 aromatic heterocycles. The van der Waals surface area contributed by atoms with Crippen molar-refractivity contribution in [3.8, 4) is 0 Å². The van der Waals surface area contributed by atoms with Crippen molar-refractivity contribution < 1.29 is 9.50 Å². The fraction of sp³-hybridized carbons (Fsp3) is 0.444. The summed E-state index contributed by atoms with van der Waals surface area (Å²) in [5.41, 5.74) is 1.72. The molecule has 1 N–H and O–H groups in total. The van der Waals surface area contributed by atoms with Gasteiger partial charge in [0.25, 0.3) is 0 Å². The number of rotatable bonds is 4. The predicted octanol–water partition coefficient (Wildman–Crippen LogP) is 3.36. The van der Waals surface area contributed by atoms with Crippen LogP contribution in [0.1, 0.15) is 21.4 Å². The highest BCUT2D eigenvalue weighted by Gasteiger charge is 2.22. The Hall–Kier alpha value is -1.43. The van der Waals surface area contributed by atoms with E-state index in [1.807, 2.05) is 12.1 Å². The minimum absolute atomic E-state index is 0.162. The van der Waals surface area contributed by atoms with Gasteiger partial charge in [0.05, 0.1) is 11.8 Å². The number of benzene rings is 1. The molecule has 2 heterocycles. The molecular formula is C18H23FN2OS. The Morgan fingerprint density at radius 3 is 2.48 bits per heavy atom. The van der Waals surface area contributed by atoms with Crippen LogP contribution in [-0.2, 0) is 0 Å². The van der Waals surface area contributed by atoms with Gasteiger partial charge in [-0.2, -0.15) is 0 Å². The zero-order valence-corrected chi connectivity index (χ0v) is 14.4. The second kappa shape index (κ2) is 6.99. The van der Waals surface area contributed by atoms with Crippen LogP contribution in [0.15, 0.2) is 30.3 Å². The smallest absolute Gasteiger partial charge is 0.146 e. The Morgan fingerprint density at radius 1 is 1.17 bits per heavy atom. The number of para-hydroxylation sites is 1. The van der Waals surface area contributed by atoms with Gasteiger partial charge in [-0.15, -0.1) is 11.3 Å². The first-order chi connectivity index (χ1) is 11.0. The molecule has 0 radical (unpaired) electrons. The fourth-order valence-corrected chi connectivity index (χ4v) is 4.19. The van der Waals surface area contributed by atoms with E-state index in [0.717, 1.165) is 31.7 Å². The molecule has 0 spiro atoms. The normalized spacial score (nSPS) is 17.5. The van der Waals surface area contributed by atoms with Crippen molar-refractivity contribution in [2.24, 2.45) is 0 Å². The molecule has 0 unspecified atom stereocenters. The molecule has 0 saturated carbocycles. The average molecular weight is 334 g/mol. The Balaban J connectivity index is 1.57. The second-order valence-electron chi connectivity index (χ2n) is 6.12. The number of thiophene rings is 1. The third-order valence-electron chi connectivity index (χ3n) is 4.43. The lowest BCUT2D eigenvalue weighted by Gasteiger charge is -2.37. The van der Waals surface area contributed by atoms with E-state index in [0.29, 0.717) is 12.2 Å². The number of anilines is 1. The molecule has 3 nitrogen and oxygen atoms in total. The Labute approximate surface area is 141 Å². The van der Waals surface area contributed by atoms with Gasteiger partial charge in [0.1, 0.15) is 5.82 Å². The largest absolute Gasteiger partial charge is 0.387 e. The molecular weight excluding hydrogens is 311 g/mol. The molecule has 23 heavy (non-hydrogen) atoms. The third-order valence-corrected chi connectivity index (χ3v) is 5.42. The number of hydrogen-bond donors (Lipinski definition) is 1. The summed E-state index contributed by atoms with van der Waals surface area (Å²) in [6.07, 6.45) is -0.444. The van der Waals surface area contributed by atoms with E-state index in [-0.39, 0.29) is 5.82 Å². The standard InChI is InChI=1S/C18H23FN2OS/c1-13-11-15(14(2)23-13)18(22)12-20-7-9-21(10-8-20)17-6-4-3-5-16(17)19/h3-6,11,18,22H,7-10,12H2,1-2H3/t18-/m0/s1. The number of aliphatic hydroxyl groups is 1. The molecule has 2 aromatic rings. The van der Waals surface area contributed by atoms with Gasteiger partial charge in [0.15, 0.2) is 0 Å². The highest BCUT2D eigenvalue weighted by molar-refractivity contribution is 7.12. The van der Waals surface area contributed by atoms with Crippen LogP contribution in [-0.4, -0.2) is 42.7 Å². The van der Waals surface area contributed by atoms with E-state index in [1.54, 1.807) is 17.4 Å². The molecule has 1 aliphatic heterocycles. The number of nitrogens with zero attached hydrogens (tertiary/aromatic N) is 2. The quantitative estimate of drug-likeness (QED) is 0.929. The Kier molecular flexibility index (Phi) is 4.99. The lowest BCUT2D eigenvalue weighted by molar-refractivity contribution is 0.109. The van der Waals surface area contributed by atoms with Gasteiger partial charge in [-0.05, 0) is 37.6 Å². The van der Waals surface area contributed by atoms with Crippen LogP contribution in [0.2, 0.25) is 0 Å². The number of piperazine rings is 1. The highest BCUT2D eigenvalue weighted by Crippen LogP contribution is 2.27. The van der Waals surface area contributed by atoms with E-state index in [2.05, 4.69) is 29.7 Å². The van der Waals surface area contributed by atoms with Crippen molar-refractivity contribution >= 4 is 17.0 Å². The molecule has 5 heteroatoms. The lowest BCUT2D eigenvalue weighted by atomic mass is 10.1. The number of aryl methyl sites for hydroxylation is 2. The van der Waals surface area contributed by atoms with Crippen LogP contribution >= 0.6 is 11.3 Å². The summed E-state index contributed by atoms with van der Waals surface area (Å²) >= 11 is 1.73. The SMILES string of the molecule is Cc1cc([C@@H](O)CN2CCN(c3ccccc3F)CC2)c(C)s1. The van der Waals surface area contributed by atoms with E-state index in [9.17, 15) is 9.50 Å². The molecule has 3 rings (SSSR count). The van der Waals surface area contributed by atoms with Gasteiger partial charge in [-0.25, -0.2) is 4.39 Å². The van der Waals surface area contributed by atoms with Crippen LogP contribution < -0.4 is 4.90 Å². The van der Waals surface area contributed by atoms with Crippen molar-refractivity contribution in [1.29, 1.82) is 0 Å². The summed E-state index contributed by atoms with van der Waals surface area (Å²) in [5.74, 6) is -0.162. The minimum Gasteiger partial charge on any atom is -0.387 e. The number of aliphatic hydroxyl groups excluding tert-OH is 1. The first kappa shape index (κ1) is 16.4. The van der Waals surface area contributed by atoms with Gasteiger partial charge >= 0.3 is 0 Å². The van der Waals surface area contributed by atoms with E-state index in [1.165, 1.54) is 15.8 Å². The van der Waals surface area contributed by atoms with Crippen LogP contribution in [0, 0.1) is 19.7 Å². The number of β-amino-alcohol motifs (C(OH)–C–C–N with tert-alkyl or cyclic N) is 1. The molecule has 1 fully saturated rings. The zero-order chi connectivity index (χ0) is 16.4. The maximum atomic E-state index is 13.9. The van der Waals surface area contributed by atoms with Crippen molar-refractivity contribution in [3.05, 3.63) is 51.5 Å². The Bertz CT molecular complexity index is 665. The molecule has 1 aromatic carbocycles. The van der Waals surface area contributed by atoms with Gasteiger partial charge in [0, 0.05) is 42.5 Å². The van der Waals surface area contributed by atoms with Crippen molar-refractivity contribution in [2.45, 2.75) is 20.0 Å². The second-order valence-corrected chi connectivity index (χ2v) is 7.58. The monoisotopic (exact) mass is 334 g/mol. The first-order valence-corrected chi connectivity index (χ1v) is 8.83. The molecule has 0 aliphatic carbocycles. The first-order valence-electron chi connectivity index (χ1n) is 8.01. The minimum atomic E-state index is -0.444. The maximum absolute atomic E-state index is 13.9. The summed E-state index contributed by atoms with van der Waals surface area (Å²) in [6.45, 7) is 8.03. The molecule has 0 amide bonds. The number of halogens is 1. The molecule has 0 bridgehead atoms. The van der Waals surface area contributed by atoms with Crippen molar-refractivity contribution in [3.63, 3.8) is 0 Å².